The van der Waals surface area contributed by atoms with Crippen molar-refractivity contribution in [2.24, 2.45) is 5.92 Å². The number of hydrogen-bond donors (Lipinski definition) is 1. The molecule has 0 aliphatic heterocycles. The molecule has 35 heavy (non-hydrogen) atoms. The summed E-state index contributed by atoms with van der Waals surface area (Å²) in [7, 11) is -3.53. The molecule has 1 aliphatic rings. The van der Waals surface area contributed by atoms with E-state index in [-0.39, 0.29) is 30.4 Å². The van der Waals surface area contributed by atoms with Crippen LogP contribution in [0.2, 0.25) is 0 Å². The van der Waals surface area contributed by atoms with Crippen molar-refractivity contribution >= 4 is 7.60 Å². The highest BCUT2D eigenvalue weighted by Gasteiger charge is 2.34. The number of aryl methyl sites for hydroxylation is 1. The van der Waals surface area contributed by atoms with Crippen molar-refractivity contribution in [2.75, 3.05) is 6.61 Å². The van der Waals surface area contributed by atoms with E-state index in [1.54, 1.807) is 0 Å². The van der Waals surface area contributed by atoms with Gasteiger partial charge in [0.1, 0.15) is 11.5 Å². The Hall–Kier alpha value is -2.29. The number of phenolic OH excluding ortho intramolecular Hbond substituents is 1. The zero-order valence-corrected chi connectivity index (χ0v) is 22.7. The predicted molar refractivity (Wildman–Crippen MR) is 145 cm³/mol. The van der Waals surface area contributed by atoms with Crippen LogP contribution in [-0.2, 0) is 21.7 Å². The Morgan fingerprint density at radius 2 is 1.89 bits per heavy atom. The molecule has 0 aromatic heterocycles. The SMILES string of the molecule is C=C(C)C1CCC(C)=CC1c1c(O)cc(CCCCC)cc1OP(=O)(Cc1ccccc1)OCC. The van der Waals surface area contributed by atoms with Crippen LogP contribution in [0.1, 0.15) is 82.4 Å². The van der Waals surface area contributed by atoms with Crippen LogP contribution in [0, 0.1) is 5.92 Å². The minimum absolute atomic E-state index is 0.0901. The van der Waals surface area contributed by atoms with Gasteiger partial charge in [0.25, 0.3) is 0 Å². The van der Waals surface area contributed by atoms with Gasteiger partial charge in [-0.3, -0.25) is 4.52 Å². The Bertz CT molecular complexity index is 1070. The lowest BCUT2D eigenvalue weighted by atomic mass is 9.73. The molecule has 0 heterocycles. The van der Waals surface area contributed by atoms with Crippen molar-refractivity contribution in [1.29, 1.82) is 0 Å². The summed E-state index contributed by atoms with van der Waals surface area (Å²) in [5.74, 6) is 0.747. The molecule has 0 spiro atoms. The van der Waals surface area contributed by atoms with Gasteiger partial charge >= 0.3 is 7.60 Å². The lowest BCUT2D eigenvalue weighted by Crippen LogP contribution is -2.18. The highest BCUT2D eigenvalue weighted by Crippen LogP contribution is 2.55. The molecular weight excluding hydrogens is 455 g/mol. The second kappa shape index (κ2) is 12.6. The molecule has 0 amide bonds. The Balaban J connectivity index is 2.09. The molecule has 0 fully saturated rings. The van der Waals surface area contributed by atoms with E-state index in [2.05, 4.69) is 26.5 Å². The molecule has 1 N–H and O–H groups in total. The third-order valence-corrected chi connectivity index (χ3v) is 8.62. The van der Waals surface area contributed by atoms with E-state index in [0.717, 1.165) is 55.2 Å². The van der Waals surface area contributed by atoms with E-state index >= 15 is 0 Å². The number of hydrogen-bond acceptors (Lipinski definition) is 4. The average Bonchev–Trinajstić information content (AvgIpc) is 2.79. The smallest absolute Gasteiger partial charge is 0.383 e. The van der Waals surface area contributed by atoms with Gasteiger partial charge in [-0.25, -0.2) is 4.57 Å². The van der Waals surface area contributed by atoms with Gasteiger partial charge in [0.15, 0.2) is 0 Å². The quantitative estimate of drug-likeness (QED) is 0.181. The average molecular weight is 497 g/mol. The number of phenols is 1. The van der Waals surface area contributed by atoms with Gasteiger partial charge in [-0.1, -0.05) is 73.9 Å². The van der Waals surface area contributed by atoms with Gasteiger partial charge in [-0.2, -0.15) is 0 Å². The lowest BCUT2D eigenvalue weighted by Gasteiger charge is -2.33. The van der Waals surface area contributed by atoms with Crippen molar-refractivity contribution in [1.82, 2.24) is 0 Å². The van der Waals surface area contributed by atoms with Gasteiger partial charge < -0.3 is 9.63 Å². The van der Waals surface area contributed by atoms with E-state index in [1.807, 2.05) is 56.3 Å². The Morgan fingerprint density at radius 1 is 1.14 bits per heavy atom. The molecule has 4 nitrogen and oxygen atoms in total. The van der Waals surface area contributed by atoms with E-state index in [4.69, 9.17) is 9.05 Å². The first-order valence-corrected chi connectivity index (χ1v) is 14.6. The summed E-state index contributed by atoms with van der Waals surface area (Å²) in [5, 5.41) is 11.3. The molecular formula is C30H41O4P. The van der Waals surface area contributed by atoms with E-state index in [1.165, 1.54) is 5.57 Å². The molecule has 190 valence electrons. The van der Waals surface area contributed by atoms with Crippen LogP contribution in [0.5, 0.6) is 11.5 Å². The first-order valence-electron chi connectivity index (χ1n) is 12.9. The van der Waals surface area contributed by atoms with E-state index in [0.29, 0.717) is 11.3 Å². The number of benzene rings is 2. The molecule has 1 aliphatic carbocycles. The summed E-state index contributed by atoms with van der Waals surface area (Å²) in [6, 6.07) is 13.5. The van der Waals surface area contributed by atoms with Gasteiger partial charge in [-0.15, -0.1) is 0 Å². The van der Waals surface area contributed by atoms with Crippen molar-refractivity contribution < 1.29 is 18.7 Å². The Labute approximate surface area is 211 Å². The van der Waals surface area contributed by atoms with Crippen molar-refractivity contribution in [3.8, 4) is 11.5 Å². The zero-order chi connectivity index (χ0) is 25.4. The van der Waals surface area contributed by atoms with Gasteiger partial charge in [0.2, 0.25) is 0 Å². The first kappa shape index (κ1) is 27.3. The van der Waals surface area contributed by atoms with Crippen molar-refractivity contribution in [3.63, 3.8) is 0 Å². The van der Waals surface area contributed by atoms with Crippen LogP contribution in [0.4, 0.5) is 0 Å². The summed E-state index contributed by atoms with van der Waals surface area (Å²) in [6.45, 7) is 12.7. The maximum absolute atomic E-state index is 14.0. The second-order valence-electron chi connectivity index (χ2n) is 9.78. The summed E-state index contributed by atoms with van der Waals surface area (Å²) < 4.78 is 26.1. The third-order valence-electron chi connectivity index (χ3n) is 6.74. The summed E-state index contributed by atoms with van der Waals surface area (Å²) >= 11 is 0. The summed E-state index contributed by atoms with van der Waals surface area (Å²) in [4.78, 5) is 0. The highest BCUT2D eigenvalue weighted by molar-refractivity contribution is 7.53. The van der Waals surface area contributed by atoms with Crippen LogP contribution in [-0.4, -0.2) is 11.7 Å². The topological polar surface area (TPSA) is 55.8 Å². The highest BCUT2D eigenvalue weighted by atomic mass is 31.2. The van der Waals surface area contributed by atoms with E-state index < -0.39 is 7.60 Å². The summed E-state index contributed by atoms with van der Waals surface area (Å²) in [5.41, 5.74) is 4.92. The molecule has 2 aromatic rings. The van der Waals surface area contributed by atoms with Crippen LogP contribution in [0.3, 0.4) is 0 Å². The molecule has 5 heteroatoms. The maximum atomic E-state index is 14.0. The largest absolute Gasteiger partial charge is 0.507 e. The molecule has 3 rings (SSSR count). The molecule has 0 radical (unpaired) electrons. The monoisotopic (exact) mass is 496 g/mol. The van der Waals surface area contributed by atoms with Crippen molar-refractivity contribution in [3.05, 3.63) is 83.0 Å². The van der Waals surface area contributed by atoms with Gasteiger partial charge in [0.05, 0.1) is 12.8 Å². The minimum atomic E-state index is -3.53. The molecule has 3 unspecified atom stereocenters. The van der Waals surface area contributed by atoms with Crippen molar-refractivity contribution in [2.45, 2.75) is 78.3 Å². The molecule has 0 saturated carbocycles. The molecule has 3 atom stereocenters. The summed E-state index contributed by atoms with van der Waals surface area (Å²) in [6.07, 6.45) is 8.45. The van der Waals surface area contributed by atoms with Crippen LogP contribution in [0.15, 0.2) is 66.3 Å². The van der Waals surface area contributed by atoms with Crippen LogP contribution < -0.4 is 4.52 Å². The second-order valence-corrected chi connectivity index (χ2v) is 11.8. The maximum Gasteiger partial charge on any atom is 0.383 e. The zero-order valence-electron chi connectivity index (χ0n) is 21.8. The van der Waals surface area contributed by atoms with Gasteiger partial charge in [0, 0.05) is 11.5 Å². The molecule has 0 saturated heterocycles. The third kappa shape index (κ3) is 7.35. The van der Waals surface area contributed by atoms with E-state index in [9.17, 15) is 9.67 Å². The van der Waals surface area contributed by atoms with Crippen LogP contribution >= 0.6 is 7.60 Å². The number of aromatic hydroxyl groups is 1. The fourth-order valence-electron chi connectivity index (χ4n) is 4.97. The minimum Gasteiger partial charge on any atom is -0.507 e. The molecule has 2 aromatic carbocycles. The predicted octanol–water partition coefficient (Wildman–Crippen LogP) is 8.95. The fraction of sp³-hybridized carbons (Fsp3) is 0.467. The Kier molecular flexibility index (Phi) is 9.83. The molecule has 0 bridgehead atoms. The number of rotatable bonds is 12. The van der Waals surface area contributed by atoms with Crippen LogP contribution in [0.25, 0.3) is 0 Å². The Morgan fingerprint density at radius 3 is 2.54 bits per heavy atom. The lowest BCUT2D eigenvalue weighted by molar-refractivity contribution is 0.276. The fourth-order valence-corrected chi connectivity index (χ4v) is 6.68. The first-order chi connectivity index (χ1) is 16.8. The number of allylic oxidation sites excluding steroid dienone is 3. The van der Waals surface area contributed by atoms with Gasteiger partial charge in [-0.05, 0) is 75.6 Å². The standard InChI is InChI=1S/C30H41O4P/c1-6-8-10-15-25-19-28(31)30(27-18-23(5)16-17-26(27)22(3)4)29(20-25)34-35(32,33-7-2)21-24-13-11-9-12-14-24/h9,11-14,18-20,26-27,31H,3,6-8,10,15-17,21H2,1-2,4-5H3. The normalized spacial score (nSPS) is 19.6. The number of unbranched alkanes of at least 4 members (excludes halogenated alkanes) is 2.